The highest BCUT2D eigenvalue weighted by Crippen LogP contribution is 2.15. The summed E-state index contributed by atoms with van der Waals surface area (Å²) in [6.07, 6.45) is 1.52. The molecule has 0 fully saturated rings. The van der Waals surface area contributed by atoms with Crippen LogP contribution in [0.25, 0.3) is 0 Å². The Balaban J connectivity index is 2.80. The van der Waals surface area contributed by atoms with E-state index in [1.165, 1.54) is 6.21 Å². The Kier molecular flexibility index (Phi) is 3.80. The lowest BCUT2D eigenvalue weighted by molar-refractivity contribution is 0.320. The zero-order valence-corrected chi connectivity index (χ0v) is 8.11. The van der Waals surface area contributed by atoms with Crippen LogP contribution in [0, 0.1) is 0 Å². The number of nitrogens with zero attached hydrogens (tertiary/aromatic N) is 1. The highest BCUT2D eigenvalue weighted by molar-refractivity contribution is 9.09. The van der Waals surface area contributed by atoms with Crippen molar-refractivity contribution < 1.29 is 5.21 Å². The molecule has 0 radical (unpaired) electrons. The van der Waals surface area contributed by atoms with Gasteiger partial charge in [0.1, 0.15) is 0 Å². The minimum Gasteiger partial charge on any atom is -0.411 e. The summed E-state index contributed by atoms with van der Waals surface area (Å²) in [5, 5.41) is 12.2. The molecule has 3 heteroatoms. The molecule has 0 amide bonds. The zero-order chi connectivity index (χ0) is 8.81. The van der Waals surface area contributed by atoms with Crippen LogP contribution in [0.15, 0.2) is 35.5 Å². The Morgan fingerprint density at radius 3 is 2.58 bits per heavy atom. The second-order valence-electron chi connectivity index (χ2n) is 2.44. The molecule has 0 heterocycles. The van der Waals surface area contributed by atoms with E-state index in [2.05, 4.69) is 21.1 Å². The van der Waals surface area contributed by atoms with E-state index in [0.29, 0.717) is 0 Å². The summed E-state index contributed by atoms with van der Waals surface area (Å²) in [7, 11) is 0. The quantitative estimate of drug-likeness (QED) is 0.366. The molecule has 12 heavy (non-hydrogen) atoms. The van der Waals surface area contributed by atoms with Crippen molar-refractivity contribution >= 4 is 22.1 Å². The van der Waals surface area contributed by atoms with Gasteiger partial charge in [-0.05, 0) is 5.56 Å². The van der Waals surface area contributed by atoms with Crippen molar-refractivity contribution in [1.82, 2.24) is 0 Å². The molecule has 1 rings (SSSR count). The average Bonchev–Trinajstić information content (AvgIpc) is 2.15. The summed E-state index contributed by atoms with van der Waals surface area (Å²) < 4.78 is 0. The fraction of sp³-hybridized carbons (Fsp3) is 0.222. The molecular weight excluding hydrogens is 218 g/mol. The van der Waals surface area contributed by atoms with Crippen LogP contribution in [0.1, 0.15) is 11.5 Å². The van der Waals surface area contributed by atoms with Gasteiger partial charge in [-0.25, -0.2) is 0 Å². The molecule has 1 unspecified atom stereocenters. The van der Waals surface area contributed by atoms with Crippen molar-refractivity contribution in [3.05, 3.63) is 35.9 Å². The summed E-state index contributed by atoms with van der Waals surface area (Å²) in [6.45, 7) is 0. The van der Waals surface area contributed by atoms with Crippen LogP contribution in [-0.4, -0.2) is 16.8 Å². The van der Waals surface area contributed by atoms with Crippen LogP contribution in [0.2, 0.25) is 0 Å². The molecule has 0 saturated heterocycles. The number of benzene rings is 1. The highest BCUT2D eigenvalue weighted by atomic mass is 79.9. The Morgan fingerprint density at radius 1 is 1.42 bits per heavy atom. The predicted octanol–water partition coefficient (Wildman–Crippen LogP) is 2.63. The zero-order valence-electron chi connectivity index (χ0n) is 6.52. The maximum absolute atomic E-state index is 8.38. The second-order valence-corrected chi connectivity index (χ2v) is 3.08. The van der Waals surface area contributed by atoms with Gasteiger partial charge in [-0.1, -0.05) is 46.3 Å². The first-order valence-electron chi connectivity index (χ1n) is 3.67. The Labute approximate surface area is 80.0 Å². The van der Waals surface area contributed by atoms with Crippen LogP contribution in [0.5, 0.6) is 0 Å². The van der Waals surface area contributed by atoms with E-state index in [9.17, 15) is 0 Å². The molecule has 1 aromatic carbocycles. The fourth-order valence-electron chi connectivity index (χ4n) is 0.996. The van der Waals surface area contributed by atoms with E-state index in [4.69, 9.17) is 5.21 Å². The summed E-state index contributed by atoms with van der Waals surface area (Å²) in [5.74, 6) is 0.149. The number of halogens is 1. The van der Waals surface area contributed by atoms with Gasteiger partial charge < -0.3 is 5.21 Å². The smallest absolute Gasteiger partial charge is 0.0519 e. The SMILES string of the molecule is ON=CC(CBr)c1ccccc1. The van der Waals surface area contributed by atoms with Gasteiger partial charge >= 0.3 is 0 Å². The summed E-state index contributed by atoms with van der Waals surface area (Å²) in [6, 6.07) is 9.92. The van der Waals surface area contributed by atoms with Crippen molar-refractivity contribution in [2.24, 2.45) is 5.16 Å². The Hall–Kier alpha value is -0.830. The van der Waals surface area contributed by atoms with Gasteiger partial charge in [-0.15, -0.1) is 5.16 Å². The van der Waals surface area contributed by atoms with Crippen molar-refractivity contribution in [3.8, 4) is 0 Å². The van der Waals surface area contributed by atoms with E-state index in [-0.39, 0.29) is 5.92 Å². The molecule has 0 bridgehead atoms. The Morgan fingerprint density at radius 2 is 2.08 bits per heavy atom. The molecule has 0 aliphatic carbocycles. The van der Waals surface area contributed by atoms with Crippen molar-refractivity contribution in [2.45, 2.75) is 5.92 Å². The highest BCUT2D eigenvalue weighted by Gasteiger charge is 2.05. The lowest BCUT2D eigenvalue weighted by Gasteiger charge is -2.06. The first-order valence-corrected chi connectivity index (χ1v) is 4.79. The van der Waals surface area contributed by atoms with Crippen molar-refractivity contribution in [3.63, 3.8) is 0 Å². The lowest BCUT2D eigenvalue weighted by Crippen LogP contribution is -2.00. The third-order valence-corrected chi connectivity index (χ3v) is 2.34. The molecule has 2 nitrogen and oxygen atoms in total. The molecule has 1 aromatic rings. The van der Waals surface area contributed by atoms with Gasteiger partial charge in [0.05, 0.1) is 6.21 Å². The first-order chi connectivity index (χ1) is 5.88. The number of rotatable bonds is 3. The fourth-order valence-corrected chi connectivity index (χ4v) is 1.54. The van der Waals surface area contributed by atoms with Gasteiger partial charge in [0.15, 0.2) is 0 Å². The van der Waals surface area contributed by atoms with Gasteiger partial charge in [0.2, 0.25) is 0 Å². The lowest BCUT2D eigenvalue weighted by atomic mass is 10.0. The Bertz CT molecular complexity index is 248. The third kappa shape index (κ3) is 2.34. The maximum Gasteiger partial charge on any atom is 0.0519 e. The minimum atomic E-state index is 0.149. The summed E-state index contributed by atoms with van der Waals surface area (Å²) in [4.78, 5) is 0. The van der Waals surface area contributed by atoms with Gasteiger partial charge in [-0.3, -0.25) is 0 Å². The molecule has 0 saturated carbocycles. The largest absolute Gasteiger partial charge is 0.411 e. The van der Waals surface area contributed by atoms with Crippen LogP contribution < -0.4 is 0 Å². The summed E-state index contributed by atoms with van der Waals surface area (Å²) >= 11 is 3.35. The normalized spacial score (nSPS) is 13.4. The topological polar surface area (TPSA) is 32.6 Å². The first kappa shape index (κ1) is 9.26. The molecule has 64 valence electrons. The number of hydrogen-bond acceptors (Lipinski definition) is 2. The molecule has 0 spiro atoms. The number of oxime groups is 1. The third-order valence-electron chi connectivity index (χ3n) is 1.64. The molecule has 0 aliphatic heterocycles. The van der Waals surface area contributed by atoms with Crippen LogP contribution in [0.3, 0.4) is 0 Å². The van der Waals surface area contributed by atoms with Crippen molar-refractivity contribution in [2.75, 3.05) is 5.33 Å². The summed E-state index contributed by atoms with van der Waals surface area (Å²) in [5.41, 5.74) is 1.15. The van der Waals surface area contributed by atoms with E-state index >= 15 is 0 Å². The monoisotopic (exact) mass is 227 g/mol. The van der Waals surface area contributed by atoms with E-state index < -0.39 is 0 Å². The number of hydrogen-bond donors (Lipinski definition) is 1. The molecule has 1 N–H and O–H groups in total. The second kappa shape index (κ2) is 4.93. The average molecular weight is 228 g/mol. The predicted molar refractivity (Wildman–Crippen MR) is 53.3 cm³/mol. The van der Waals surface area contributed by atoms with Crippen LogP contribution in [0.4, 0.5) is 0 Å². The van der Waals surface area contributed by atoms with Crippen LogP contribution >= 0.6 is 15.9 Å². The standard InChI is InChI=1S/C9H10BrNO/c10-6-9(7-11-12)8-4-2-1-3-5-8/h1-5,7,9,12H,6H2. The van der Waals surface area contributed by atoms with Gasteiger partial charge in [0, 0.05) is 11.2 Å². The van der Waals surface area contributed by atoms with Crippen molar-refractivity contribution in [1.29, 1.82) is 0 Å². The number of alkyl halides is 1. The molecule has 0 aliphatic rings. The van der Waals surface area contributed by atoms with Gasteiger partial charge in [-0.2, -0.15) is 0 Å². The van der Waals surface area contributed by atoms with Gasteiger partial charge in [0.25, 0.3) is 0 Å². The van der Waals surface area contributed by atoms with Crippen LogP contribution in [-0.2, 0) is 0 Å². The van der Waals surface area contributed by atoms with E-state index in [1.54, 1.807) is 0 Å². The molecule has 1 atom stereocenters. The molecular formula is C9H10BrNO. The maximum atomic E-state index is 8.38. The molecule has 0 aromatic heterocycles. The van der Waals surface area contributed by atoms with E-state index in [0.717, 1.165) is 10.9 Å². The minimum absolute atomic E-state index is 0.149. The van der Waals surface area contributed by atoms with E-state index in [1.807, 2.05) is 30.3 Å².